The van der Waals surface area contributed by atoms with Gasteiger partial charge in [-0.05, 0) is 75.4 Å². The molecule has 148 valence electrons. The van der Waals surface area contributed by atoms with Crippen molar-refractivity contribution in [2.45, 2.75) is 25.7 Å². The minimum Gasteiger partial charge on any atom is -0.487 e. The molecule has 1 fully saturated rings. The Morgan fingerprint density at radius 2 is 1.86 bits per heavy atom. The maximum absolute atomic E-state index is 12.0. The first-order valence-electron chi connectivity index (χ1n) is 8.71. The quantitative estimate of drug-likeness (QED) is 0.293. The average molecular weight is 606 g/mol. The molecule has 0 atom stereocenters. The Balaban J connectivity index is 1.57. The Kier molecular flexibility index (Phi) is 7.66. The van der Waals surface area contributed by atoms with Gasteiger partial charge in [0.15, 0.2) is 5.79 Å². The molecule has 0 bridgehead atoms. The third-order valence-electron chi connectivity index (χ3n) is 4.03. The number of carbonyl (C=O) groups is 1. The second-order valence-electron chi connectivity index (χ2n) is 6.39. The first-order valence-corrected chi connectivity index (χ1v) is 10.9. The van der Waals surface area contributed by atoms with Crippen LogP contribution in [-0.4, -0.2) is 31.1 Å². The summed E-state index contributed by atoms with van der Waals surface area (Å²) in [4.78, 5) is 12.0. The van der Waals surface area contributed by atoms with E-state index in [2.05, 4.69) is 55.7 Å². The molecule has 1 heterocycles. The summed E-state index contributed by atoms with van der Waals surface area (Å²) in [5, 5.41) is 4.04. The van der Waals surface area contributed by atoms with Gasteiger partial charge in [-0.1, -0.05) is 30.3 Å². The molecule has 1 aliphatic rings. The second-order valence-corrected chi connectivity index (χ2v) is 8.71. The predicted molar refractivity (Wildman–Crippen MR) is 123 cm³/mol. The highest BCUT2D eigenvalue weighted by molar-refractivity contribution is 14.1. The minimum absolute atomic E-state index is 0.103. The lowest BCUT2D eigenvalue weighted by atomic mass is 10.2. The van der Waals surface area contributed by atoms with Gasteiger partial charge in [0, 0.05) is 0 Å². The molecule has 0 radical (unpaired) electrons. The van der Waals surface area contributed by atoms with Crippen LogP contribution in [0.1, 0.15) is 24.5 Å². The lowest BCUT2D eigenvalue weighted by Gasteiger charge is -2.20. The Morgan fingerprint density at radius 1 is 1.21 bits per heavy atom. The molecule has 0 aliphatic carbocycles. The van der Waals surface area contributed by atoms with Crippen LogP contribution in [0.3, 0.4) is 0 Å². The van der Waals surface area contributed by atoms with Crippen LogP contribution in [0.15, 0.2) is 47.6 Å². The molecule has 3 rings (SSSR count). The molecule has 6 nitrogen and oxygen atoms in total. The number of hydrogen-bond acceptors (Lipinski definition) is 5. The van der Waals surface area contributed by atoms with Crippen LogP contribution < -0.4 is 10.2 Å². The monoisotopic (exact) mass is 606 g/mol. The highest BCUT2D eigenvalue weighted by atomic mass is 127. The fourth-order valence-electron chi connectivity index (χ4n) is 2.69. The van der Waals surface area contributed by atoms with Gasteiger partial charge in [-0.15, -0.1) is 0 Å². The van der Waals surface area contributed by atoms with E-state index < -0.39 is 5.79 Å². The van der Waals surface area contributed by atoms with Gasteiger partial charge in [-0.25, -0.2) is 5.43 Å². The summed E-state index contributed by atoms with van der Waals surface area (Å²) in [5.74, 6) is -0.273. The maximum atomic E-state index is 12.0. The van der Waals surface area contributed by atoms with Crippen molar-refractivity contribution < 1.29 is 19.0 Å². The summed E-state index contributed by atoms with van der Waals surface area (Å²) in [7, 11) is 0. The fraction of sp³-hybridized carbons (Fsp3) is 0.300. The van der Waals surface area contributed by atoms with E-state index in [9.17, 15) is 4.79 Å². The van der Waals surface area contributed by atoms with Gasteiger partial charge in [0.1, 0.15) is 12.4 Å². The molecule has 0 saturated carbocycles. The lowest BCUT2D eigenvalue weighted by molar-refractivity contribution is -0.159. The smallest absolute Gasteiger partial charge is 0.245 e. The van der Waals surface area contributed by atoms with Crippen molar-refractivity contribution in [2.75, 3.05) is 13.2 Å². The summed E-state index contributed by atoms with van der Waals surface area (Å²) in [6, 6.07) is 14.0. The number of ether oxygens (including phenoxy) is 3. The maximum Gasteiger partial charge on any atom is 0.245 e. The molecule has 1 N–H and O–H groups in total. The Morgan fingerprint density at radius 3 is 2.50 bits per heavy atom. The van der Waals surface area contributed by atoms with Crippen LogP contribution in [0.25, 0.3) is 0 Å². The van der Waals surface area contributed by atoms with Crippen molar-refractivity contribution in [3.8, 4) is 5.75 Å². The number of hydrogen-bond donors (Lipinski definition) is 1. The molecule has 2 aromatic rings. The molecule has 0 unspecified atom stereocenters. The van der Waals surface area contributed by atoms with Crippen LogP contribution in [0, 0.1) is 7.14 Å². The molecule has 2 aromatic carbocycles. The van der Waals surface area contributed by atoms with Crippen molar-refractivity contribution in [3.05, 3.63) is 60.7 Å². The van der Waals surface area contributed by atoms with E-state index in [1.807, 2.05) is 42.5 Å². The van der Waals surface area contributed by atoms with Gasteiger partial charge in [0.2, 0.25) is 5.91 Å². The van der Waals surface area contributed by atoms with Crippen molar-refractivity contribution in [1.29, 1.82) is 0 Å². The van der Waals surface area contributed by atoms with E-state index in [4.69, 9.17) is 14.2 Å². The van der Waals surface area contributed by atoms with Crippen molar-refractivity contribution >= 4 is 57.3 Å². The fourth-order valence-corrected chi connectivity index (χ4v) is 4.82. The highest BCUT2D eigenvalue weighted by Gasteiger charge is 2.33. The molecule has 1 amide bonds. The van der Waals surface area contributed by atoms with Crippen LogP contribution in [-0.2, 0) is 20.9 Å². The number of amides is 1. The van der Waals surface area contributed by atoms with Gasteiger partial charge in [0.25, 0.3) is 0 Å². The molecule has 1 saturated heterocycles. The summed E-state index contributed by atoms with van der Waals surface area (Å²) in [6.07, 6.45) is 1.72. The minimum atomic E-state index is -0.859. The first-order chi connectivity index (χ1) is 13.5. The topological polar surface area (TPSA) is 69.2 Å². The van der Waals surface area contributed by atoms with Gasteiger partial charge in [-0.3, -0.25) is 4.79 Å². The summed E-state index contributed by atoms with van der Waals surface area (Å²) in [5.41, 5.74) is 4.51. The Labute approximate surface area is 191 Å². The first kappa shape index (κ1) is 21.5. The van der Waals surface area contributed by atoms with Crippen LogP contribution >= 0.6 is 45.2 Å². The zero-order valence-corrected chi connectivity index (χ0v) is 19.6. The van der Waals surface area contributed by atoms with Gasteiger partial charge < -0.3 is 14.2 Å². The molecule has 1 aliphatic heterocycles. The third-order valence-corrected chi connectivity index (χ3v) is 5.63. The zero-order chi connectivity index (χ0) is 20.0. The number of halogens is 2. The van der Waals surface area contributed by atoms with Crippen LogP contribution in [0.4, 0.5) is 0 Å². The molecule has 28 heavy (non-hydrogen) atoms. The predicted octanol–water partition coefficient (Wildman–Crippen LogP) is 4.08. The summed E-state index contributed by atoms with van der Waals surface area (Å²) >= 11 is 4.48. The van der Waals surface area contributed by atoms with Gasteiger partial charge in [-0.2, -0.15) is 5.10 Å². The van der Waals surface area contributed by atoms with E-state index in [-0.39, 0.29) is 12.3 Å². The number of nitrogens with zero attached hydrogens (tertiary/aromatic N) is 1. The zero-order valence-electron chi connectivity index (χ0n) is 15.3. The number of carbonyl (C=O) groups excluding carboxylic acids is 1. The standard InChI is InChI=1S/C20H20I2N2O4/c1-20(27-7-8-28-20)11-18(25)24-23-12-15-9-16(21)19(17(22)10-15)26-13-14-5-3-2-4-6-14/h2-6,9-10,12H,7-8,11,13H2,1H3,(H,24,25)/b23-12-. The second kappa shape index (κ2) is 9.99. The number of rotatable bonds is 7. The Hall–Kier alpha value is -1.24. The largest absolute Gasteiger partial charge is 0.487 e. The van der Waals surface area contributed by atoms with Gasteiger partial charge in [0.05, 0.1) is 33.0 Å². The molecule has 0 spiro atoms. The highest BCUT2D eigenvalue weighted by Crippen LogP contribution is 2.29. The molecular weight excluding hydrogens is 586 g/mol. The van der Waals surface area contributed by atoms with Crippen molar-refractivity contribution in [2.24, 2.45) is 5.10 Å². The van der Waals surface area contributed by atoms with Gasteiger partial charge >= 0.3 is 0 Å². The summed E-state index contributed by atoms with van der Waals surface area (Å²) in [6.45, 7) is 3.27. The average Bonchev–Trinajstić information content (AvgIpc) is 3.08. The van der Waals surface area contributed by atoms with E-state index in [1.165, 1.54) is 0 Å². The number of hydrazone groups is 1. The Bertz CT molecular complexity index is 830. The summed E-state index contributed by atoms with van der Waals surface area (Å²) < 4.78 is 18.8. The number of benzene rings is 2. The van der Waals surface area contributed by atoms with E-state index >= 15 is 0 Å². The normalized spacial score (nSPS) is 15.7. The van der Waals surface area contributed by atoms with E-state index in [0.29, 0.717) is 19.8 Å². The van der Waals surface area contributed by atoms with E-state index in [1.54, 1.807) is 13.1 Å². The number of nitrogens with one attached hydrogen (secondary N) is 1. The van der Waals surface area contributed by atoms with Crippen molar-refractivity contribution in [3.63, 3.8) is 0 Å². The van der Waals surface area contributed by atoms with Crippen LogP contribution in [0.2, 0.25) is 0 Å². The SMILES string of the molecule is CC1(CC(=O)N/N=C\c2cc(I)c(OCc3ccccc3)c(I)c2)OCCO1. The van der Waals surface area contributed by atoms with E-state index in [0.717, 1.165) is 24.0 Å². The molecule has 0 aromatic heterocycles. The van der Waals surface area contributed by atoms with Crippen molar-refractivity contribution in [1.82, 2.24) is 5.43 Å². The molecule has 8 heteroatoms. The third kappa shape index (κ3) is 6.13. The molecular formula is C20H20I2N2O4. The van der Waals surface area contributed by atoms with Crippen LogP contribution in [0.5, 0.6) is 5.75 Å². The lowest BCUT2D eigenvalue weighted by Crippen LogP contribution is -2.33.